The minimum Gasteiger partial charge on any atom is -0.507 e. The SMILES string of the molecule is COc1ccc(C(O)=C2C(=O)C(=O)N(c3nc4ccc(C)cc4s3)[C@@H]2c2ccc(C)cc2)cc1C. The minimum atomic E-state index is -0.806. The second-order valence-corrected chi connectivity index (χ2v) is 9.74. The summed E-state index contributed by atoms with van der Waals surface area (Å²) in [7, 11) is 1.57. The molecule has 0 saturated carbocycles. The number of ketones is 1. The second-order valence-electron chi connectivity index (χ2n) is 8.73. The van der Waals surface area contributed by atoms with E-state index < -0.39 is 17.7 Å². The van der Waals surface area contributed by atoms with Crippen LogP contribution in [0.5, 0.6) is 5.75 Å². The number of ether oxygens (including phenoxy) is 1. The number of aryl methyl sites for hydroxylation is 3. The highest BCUT2D eigenvalue weighted by Gasteiger charge is 2.48. The van der Waals surface area contributed by atoms with Gasteiger partial charge in [-0.25, -0.2) is 4.98 Å². The van der Waals surface area contributed by atoms with Crippen LogP contribution in [0, 0.1) is 20.8 Å². The van der Waals surface area contributed by atoms with Gasteiger partial charge in [0.1, 0.15) is 11.5 Å². The summed E-state index contributed by atoms with van der Waals surface area (Å²) in [5, 5.41) is 11.8. The van der Waals surface area contributed by atoms with Crippen molar-refractivity contribution in [3.05, 3.63) is 94.1 Å². The van der Waals surface area contributed by atoms with Gasteiger partial charge in [0, 0.05) is 5.56 Å². The van der Waals surface area contributed by atoms with Crippen LogP contribution in [-0.4, -0.2) is 28.9 Å². The highest BCUT2D eigenvalue weighted by atomic mass is 32.1. The lowest BCUT2D eigenvalue weighted by Crippen LogP contribution is -2.29. The monoisotopic (exact) mass is 484 g/mol. The molecule has 1 aliphatic heterocycles. The van der Waals surface area contributed by atoms with Crippen LogP contribution in [-0.2, 0) is 9.59 Å². The van der Waals surface area contributed by atoms with Gasteiger partial charge < -0.3 is 9.84 Å². The Labute approximate surface area is 207 Å². The highest BCUT2D eigenvalue weighted by molar-refractivity contribution is 7.22. The van der Waals surface area contributed by atoms with E-state index in [1.807, 2.05) is 63.2 Å². The number of carbonyl (C=O) groups excluding carboxylic acids is 2. The first-order chi connectivity index (χ1) is 16.8. The van der Waals surface area contributed by atoms with E-state index in [-0.39, 0.29) is 11.3 Å². The van der Waals surface area contributed by atoms with Crippen molar-refractivity contribution in [2.75, 3.05) is 12.0 Å². The predicted octanol–water partition coefficient (Wildman–Crippen LogP) is 5.86. The average Bonchev–Trinajstić information content (AvgIpc) is 3.37. The summed E-state index contributed by atoms with van der Waals surface area (Å²) in [6, 6.07) is 17.8. The van der Waals surface area contributed by atoms with E-state index in [0.717, 1.165) is 32.5 Å². The molecular weight excluding hydrogens is 460 g/mol. The van der Waals surface area contributed by atoms with E-state index in [0.29, 0.717) is 16.4 Å². The predicted molar refractivity (Wildman–Crippen MR) is 138 cm³/mol. The third-order valence-corrected chi connectivity index (χ3v) is 7.26. The fourth-order valence-corrected chi connectivity index (χ4v) is 5.49. The number of benzene rings is 3. The van der Waals surface area contributed by atoms with Gasteiger partial charge in [0.05, 0.1) is 28.9 Å². The molecule has 1 atom stereocenters. The molecule has 6 nitrogen and oxygen atoms in total. The quantitative estimate of drug-likeness (QED) is 0.223. The van der Waals surface area contributed by atoms with Crippen molar-refractivity contribution < 1.29 is 19.4 Å². The molecule has 35 heavy (non-hydrogen) atoms. The van der Waals surface area contributed by atoms with Crippen LogP contribution in [0.3, 0.4) is 0 Å². The maximum Gasteiger partial charge on any atom is 0.301 e. The number of hydrogen-bond acceptors (Lipinski definition) is 6. The zero-order chi connectivity index (χ0) is 24.9. The number of fused-ring (bicyclic) bond motifs is 1. The summed E-state index contributed by atoms with van der Waals surface area (Å²) < 4.78 is 6.25. The molecule has 0 spiro atoms. The third-order valence-electron chi connectivity index (χ3n) is 6.24. The summed E-state index contributed by atoms with van der Waals surface area (Å²) in [5.74, 6) is -1.00. The molecule has 5 rings (SSSR count). The van der Waals surface area contributed by atoms with Crippen LogP contribution in [0.15, 0.2) is 66.2 Å². The number of amides is 1. The standard InChI is InChI=1S/C28H24N2O4S/c1-15-5-8-18(9-6-15)24-23(25(31)19-10-12-21(34-4)17(3)14-19)26(32)27(33)30(24)28-29-20-11-7-16(2)13-22(20)35-28/h5-14,24,31H,1-4H3/t24-/m1/s1. The van der Waals surface area contributed by atoms with Crippen molar-refractivity contribution >= 4 is 44.1 Å². The number of aliphatic hydroxyl groups is 1. The minimum absolute atomic E-state index is 0.0406. The van der Waals surface area contributed by atoms with Crippen LogP contribution >= 0.6 is 11.3 Å². The van der Waals surface area contributed by atoms with Crippen molar-refractivity contribution in [3.63, 3.8) is 0 Å². The van der Waals surface area contributed by atoms with Crippen LogP contribution in [0.1, 0.15) is 33.9 Å². The molecule has 2 heterocycles. The second kappa shape index (κ2) is 8.67. The van der Waals surface area contributed by atoms with E-state index in [9.17, 15) is 14.7 Å². The van der Waals surface area contributed by atoms with E-state index in [1.165, 1.54) is 16.2 Å². The molecule has 0 unspecified atom stereocenters. The van der Waals surface area contributed by atoms with Crippen molar-refractivity contribution in [1.82, 2.24) is 4.98 Å². The van der Waals surface area contributed by atoms with Gasteiger partial charge in [-0.1, -0.05) is 47.2 Å². The highest BCUT2D eigenvalue weighted by Crippen LogP contribution is 2.44. The number of carbonyl (C=O) groups is 2. The van der Waals surface area contributed by atoms with Gasteiger partial charge in [-0.05, 0) is 67.8 Å². The molecule has 0 radical (unpaired) electrons. The molecule has 1 saturated heterocycles. The molecule has 4 aromatic rings. The molecule has 1 amide bonds. The molecule has 176 valence electrons. The Hall–Kier alpha value is -3.97. The normalized spacial score (nSPS) is 17.4. The first-order valence-electron chi connectivity index (χ1n) is 11.2. The van der Waals surface area contributed by atoms with Gasteiger partial charge in [-0.3, -0.25) is 14.5 Å². The molecular formula is C28H24N2O4S. The van der Waals surface area contributed by atoms with Gasteiger partial charge in [0.2, 0.25) is 0 Å². The van der Waals surface area contributed by atoms with Crippen molar-refractivity contribution in [2.45, 2.75) is 26.8 Å². The van der Waals surface area contributed by atoms with E-state index in [4.69, 9.17) is 4.74 Å². The van der Waals surface area contributed by atoms with Crippen LogP contribution < -0.4 is 9.64 Å². The Morgan fingerprint density at radius 2 is 1.69 bits per heavy atom. The number of aromatic nitrogens is 1. The molecule has 0 bridgehead atoms. The van der Waals surface area contributed by atoms with Crippen molar-refractivity contribution in [2.24, 2.45) is 0 Å². The number of methoxy groups -OCH3 is 1. The van der Waals surface area contributed by atoms with Gasteiger partial charge in [-0.15, -0.1) is 0 Å². The smallest absolute Gasteiger partial charge is 0.301 e. The van der Waals surface area contributed by atoms with Gasteiger partial charge >= 0.3 is 5.91 Å². The van der Waals surface area contributed by atoms with Crippen LogP contribution in [0.2, 0.25) is 0 Å². The molecule has 3 aromatic carbocycles. The maximum absolute atomic E-state index is 13.4. The summed E-state index contributed by atoms with van der Waals surface area (Å²) in [6.07, 6.45) is 0. The Balaban J connectivity index is 1.72. The molecule has 1 aliphatic rings. The molecule has 7 heteroatoms. The Morgan fingerprint density at radius 1 is 0.971 bits per heavy atom. The number of nitrogens with zero attached hydrogens (tertiary/aromatic N) is 2. The topological polar surface area (TPSA) is 79.7 Å². The molecule has 1 fully saturated rings. The largest absolute Gasteiger partial charge is 0.507 e. The van der Waals surface area contributed by atoms with Gasteiger partial charge in [-0.2, -0.15) is 0 Å². The fraction of sp³-hybridized carbons (Fsp3) is 0.179. The Kier molecular flexibility index (Phi) is 5.65. The lowest BCUT2D eigenvalue weighted by Gasteiger charge is -2.23. The summed E-state index contributed by atoms with van der Waals surface area (Å²) in [6.45, 7) is 5.82. The average molecular weight is 485 g/mol. The number of rotatable bonds is 4. The summed E-state index contributed by atoms with van der Waals surface area (Å²) >= 11 is 1.35. The first kappa shape index (κ1) is 22.8. The lowest BCUT2D eigenvalue weighted by molar-refractivity contribution is -0.132. The maximum atomic E-state index is 13.4. The molecule has 0 aliphatic carbocycles. The van der Waals surface area contributed by atoms with Gasteiger partial charge in [0.25, 0.3) is 5.78 Å². The van der Waals surface area contributed by atoms with E-state index in [2.05, 4.69) is 4.98 Å². The van der Waals surface area contributed by atoms with Crippen LogP contribution in [0.4, 0.5) is 5.13 Å². The van der Waals surface area contributed by atoms with Crippen molar-refractivity contribution in [3.8, 4) is 5.75 Å². The zero-order valence-electron chi connectivity index (χ0n) is 19.8. The number of Topliss-reactive ketones (excluding diaryl/α,β-unsaturated/α-hetero) is 1. The summed E-state index contributed by atoms with van der Waals surface area (Å²) in [5.41, 5.74) is 4.89. The van der Waals surface area contributed by atoms with Crippen molar-refractivity contribution in [1.29, 1.82) is 0 Å². The molecule has 1 aromatic heterocycles. The number of thiazole rings is 1. The summed E-state index contributed by atoms with van der Waals surface area (Å²) in [4.78, 5) is 32.8. The van der Waals surface area contributed by atoms with Gasteiger partial charge in [0.15, 0.2) is 5.13 Å². The molecule has 1 N–H and O–H groups in total. The lowest BCUT2D eigenvalue weighted by atomic mass is 9.94. The number of aliphatic hydroxyl groups excluding tert-OH is 1. The van der Waals surface area contributed by atoms with Crippen LogP contribution in [0.25, 0.3) is 16.0 Å². The first-order valence-corrected chi connectivity index (χ1v) is 12.0. The third kappa shape index (κ3) is 3.88. The number of hydrogen-bond donors (Lipinski definition) is 1. The zero-order valence-corrected chi connectivity index (χ0v) is 20.6. The Morgan fingerprint density at radius 3 is 2.37 bits per heavy atom. The number of anilines is 1. The fourth-order valence-electron chi connectivity index (χ4n) is 4.40. The van der Waals surface area contributed by atoms with E-state index >= 15 is 0 Å². The Bertz CT molecular complexity index is 1520. The van der Waals surface area contributed by atoms with E-state index in [1.54, 1.807) is 25.3 Å².